The third-order valence-electron chi connectivity index (χ3n) is 5.12. The van der Waals surface area contributed by atoms with Crippen molar-refractivity contribution in [1.82, 2.24) is 4.90 Å². The van der Waals surface area contributed by atoms with Gasteiger partial charge < -0.3 is 20.1 Å². The molecule has 2 aromatic rings. The first kappa shape index (κ1) is 20.4. The molecule has 1 amide bonds. The summed E-state index contributed by atoms with van der Waals surface area (Å²) in [7, 11) is 1.43. The van der Waals surface area contributed by atoms with Gasteiger partial charge >= 0.3 is 0 Å². The third kappa shape index (κ3) is 4.75. The second-order valence-corrected chi connectivity index (χ2v) is 6.84. The fourth-order valence-electron chi connectivity index (χ4n) is 3.33. The lowest BCUT2D eigenvalue weighted by molar-refractivity contribution is -0.384. The van der Waals surface area contributed by atoms with E-state index < -0.39 is 11.0 Å². The smallest absolute Gasteiger partial charge is 0.296 e. The first-order valence-corrected chi connectivity index (χ1v) is 9.30. The summed E-state index contributed by atoms with van der Waals surface area (Å²) in [6, 6.07) is 10.9. The van der Waals surface area contributed by atoms with Gasteiger partial charge in [-0.3, -0.25) is 19.8 Å². The van der Waals surface area contributed by atoms with Crippen molar-refractivity contribution in [2.24, 2.45) is 0 Å². The van der Waals surface area contributed by atoms with Gasteiger partial charge in [-0.05, 0) is 43.3 Å². The molecule has 1 heterocycles. The molecule has 3 rings (SSSR count). The van der Waals surface area contributed by atoms with Crippen molar-refractivity contribution in [2.75, 3.05) is 43.5 Å². The highest BCUT2D eigenvalue weighted by atomic mass is 16.6. The van der Waals surface area contributed by atoms with E-state index in [2.05, 4.69) is 10.2 Å². The average Bonchev–Trinajstić information content (AvgIpc) is 2.74. The Balaban J connectivity index is 1.61. The van der Waals surface area contributed by atoms with E-state index in [9.17, 15) is 20.0 Å². The molecule has 1 aliphatic heterocycles. The number of carbonyl (C=O) groups is 1. The van der Waals surface area contributed by atoms with Gasteiger partial charge in [0.1, 0.15) is 17.2 Å². The minimum atomic E-state index is -0.542. The number of hydrogen-bond acceptors (Lipinski definition) is 7. The average molecular weight is 400 g/mol. The molecule has 0 spiro atoms. The number of phenols is 1. The topological polar surface area (TPSA) is 108 Å². The summed E-state index contributed by atoms with van der Waals surface area (Å²) in [6.07, 6.45) is 0. The van der Waals surface area contributed by atoms with E-state index in [-0.39, 0.29) is 23.0 Å². The fraction of sp³-hybridized carbons (Fsp3) is 0.350. The van der Waals surface area contributed by atoms with Gasteiger partial charge in [0.2, 0.25) is 5.91 Å². The monoisotopic (exact) mass is 400 g/mol. The van der Waals surface area contributed by atoms with Gasteiger partial charge in [-0.2, -0.15) is 0 Å². The molecule has 154 valence electrons. The molecule has 0 saturated carbocycles. The number of benzene rings is 2. The van der Waals surface area contributed by atoms with Crippen LogP contribution in [0.4, 0.5) is 17.1 Å². The predicted octanol–water partition coefficient (Wildman–Crippen LogP) is 2.46. The largest absolute Gasteiger partial charge is 0.508 e. The molecule has 9 heteroatoms. The van der Waals surface area contributed by atoms with Crippen LogP contribution in [-0.2, 0) is 4.79 Å². The summed E-state index contributed by atoms with van der Waals surface area (Å²) in [5, 5.41) is 23.4. The normalized spacial score (nSPS) is 15.6. The van der Waals surface area contributed by atoms with E-state index in [1.807, 2.05) is 17.0 Å². The van der Waals surface area contributed by atoms with Crippen LogP contribution >= 0.6 is 0 Å². The van der Waals surface area contributed by atoms with E-state index in [0.717, 1.165) is 18.8 Å². The van der Waals surface area contributed by atoms with Crippen molar-refractivity contribution in [3.63, 3.8) is 0 Å². The van der Waals surface area contributed by atoms with Crippen LogP contribution in [0, 0.1) is 10.1 Å². The number of nitrogens with one attached hydrogen (secondary N) is 1. The number of aromatic hydroxyl groups is 1. The van der Waals surface area contributed by atoms with Gasteiger partial charge in [0, 0.05) is 31.9 Å². The Morgan fingerprint density at radius 2 is 1.83 bits per heavy atom. The predicted molar refractivity (Wildman–Crippen MR) is 110 cm³/mol. The van der Waals surface area contributed by atoms with Crippen LogP contribution in [-0.4, -0.2) is 60.2 Å². The number of methoxy groups -OCH3 is 1. The van der Waals surface area contributed by atoms with Crippen molar-refractivity contribution in [3.05, 3.63) is 52.6 Å². The maximum Gasteiger partial charge on any atom is 0.296 e. The van der Waals surface area contributed by atoms with Crippen LogP contribution in [0.25, 0.3) is 0 Å². The summed E-state index contributed by atoms with van der Waals surface area (Å²) in [5.41, 5.74) is 0.964. The number of carbonyl (C=O) groups excluding carboxylic acids is 1. The second-order valence-electron chi connectivity index (χ2n) is 6.84. The maximum atomic E-state index is 12.7. The van der Waals surface area contributed by atoms with Crippen LogP contribution in [0.15, 0.2) is 42.5 Å². The highest BCUT2D eigenvalue weighted by molar-refractivity contribution is 5.96. The van der Waals surface area contributed by atoms with Gasteiger partial charge in [0.15, 0.2) is 0 Å². The molecular formula is C20H24N4O5. The first-order chi connectivity index (χ1) is 13.9. The van der Waals surface area contributed by atoms with Gasteiger partial charge in [-0.25, -0.2) is 0 Å². The van der Waals surface area contributed by atoms with Crippen molar-refractivity contribution in [2.45, 2.75) is 13.0 Å². The highest BCUT2D eigenvalue weighted by Crippen LogP contribution is 2.29. The molecule has 1 aliphatic rings. The standard InChI is InChI=1S/C20H24N4O5/c1-14(20(26)21-18-8-7-17(29-2)13-19(18)24(27)28)22-9-11-23(12-10-22)15-3-5-16(25)6-4-15/h3-8,13-14,25H,9-12H2,1-2H3,(H,21,26)/t14-/m0/s1. The Morgan fingerprint density at radius 1 is 1.17 bits per heavy atom. The summed E-state index contributed by atoms with van der Waals surface area (Å²) < 4.78 is 5.02. The lowest BCUT2D eigenvalue weighted by Gasteiger charge is -2.38. The first-order valence-electron chi connectivity index (χ1n) is 9.30. The van der Waals surface area contributed by atoms with E-state index >= 15 is 0 Å². The molecule has 29 heavy (non-hydrogen) atoms. The molecule has 2 aromatic carbocycles. The highest BCUT2D eigenvalue weighted by Gasteiger charge is 2.27. The van der Waals surface area contributed by atoms with Gasteiger partial charge in [0.05, 0.1) is 24.1 Å². The Morgan fingerprint density at radius 3 is 2.41 bits per heavy atom. The SMILES string of the molecule is COc1ccc(NC(=O)[C@H](C)N2CCN(c3ccc(O)cc3)CC2)c([N+](=O)[O-])c1. The maximum absolute atomic E-state index is 12.7. The number of piperazine rings is 1. The lowest BCUT2D eigenvalue weighted by atomic mass is 10.2. The minimum absolute atomic E-state index is 0.148. The van der Waals surface area contributed by atoms with Crippen molar-refractivity contribution < 1.29 is 19.6 Å². The van der Waals surface area contributed by atoms with Crippen LogP contribution in [0.5, 0.6) is 11.5 Å². The molecule has 2 N–H and O–H groups in total. The number of anilines is 2. The number of amides is 1. The summed E-state index contributed by atoms with van der Waals surface area (Å²) in [6.45, 7) is 4.64. The van der Waals surface area contributed by atoms with Crippen LogP contribution in [0.1, 0.15) is 6.92 Å². The van der Waals surface area contributed by atoms with Gasteiger partial charge in [-0.1, -0.05) is 0 Å². The molecule has 0 aliphatic carbocycles. The van der Waals surface area contributed by atoms with Crippen molar-refractivity contribution in [1.29, 1.82) is 0 Å². The van der Waals surface area contributed by atoms with Gasteiger partial charge in [0.25, 0.3) is 5.69 Å². The fourth-order valence-corrected chi connectivity index (χ4v) is 3.33. The zero-order valence-corrected chi connectivity index (χ0v) is 16.4. The number of hydrogen-bond donors (Lipinski definition) is 2. The van der Waals surface area contributed by atoms with Crippen molar-refractivity contribution in [3.8, 4) is 11.5 Å². The minimum Gasteiger partial charge on any atom is -0.508 e. The molecule has 9 nitrogen and oxygen atoms in total. The summed E-state index contributed by atoms with van der Waals surface area (Å²) in [4.78, 5) is 27.7. The molecule has 0 unspecified atom stereocenters. The second kappa shape index (κ2) is 8.78. The molecule has 1 saturated heterocycles. The number of rotatable bonds is 6. The molecule has 0 radical (unpaired) electrons. The molecule has 1 fully saturated rings. The Hall–Kier alpha value is -3.33. The number of phenolic OH excluding ortho intramolecular Hbond substituents is 1. The van der Waals surface area contributed by atoms with Crippen LogP contribution in [0.3, 0.4) is 0 Å². The Bertz CT molecular complexity index is 879. The van der Waals surface area contributed by atoms with E-state index in [0.29, 0.717) is 18.8 Å². The number of nitro benzene ring substituents is 1. The van der Waals surface area contributed by atoms with E-state index in [1.54, 1.807) is 25.1 Å². The van der Waals surface area contributed by atoms with Gasteiger partial charge in [-0.15, -0.1) is 0 Å². The number of ether oxygens (including phenoxy) is 1. The number of nitro groups is 1. The number of nitrogens with zero attached hydrogens (tertiary/aromatic N) is 3. The lowest BCUT2D eigenvalue weighted by Crippen LogP contribution is -2.52. The quantitative estimate of drug-likeness (QED) is 0.566. The molecular weight excluding hydrogens is 376 g/mol. The third-order valence-corrected chi connectivity index (χ3v) is 5.12. The zero-order chi connectivity index (χ0) is 21.0. The Kier molecular flexibility index (Phi) is 6.18. The van der Waals surface area contributed by atoms with Crippen LogP contribution < -0.4 is 15.0 Å². The summed E-state index contributed by atoms with van der Waals surface area (Å²) >= 11 is 0. The zero-order valence-electron chi connectivity index (χ0n) is 16.4. The summed E-state index contributed by atoms with van der Waals surface area (Å²) in [5.74, 6) is 0.287. The molecule has 1 atom stereocenters. The van der Waals surface area contributed by atoms with Crippen molar-refractivity contribution >= 4 is 23.0 Å². The Labute approximate surface area is 168 Å². The van der Waals surface area contributed by atoms with E-state index in [1.165, 1.54) is 19.2 Å². The van der Waals surface area contributed by atoms with E-state index in [4.69, 9.17) is 4.74 Å². The molecule has 0 aromatic heterocycles. The van der Waals surface area contributed by atoms with Crippen LogP contribution in [0.2, 0.25) is 0 Å². The molecule has 0 bridgehead atoms.